The standard InChI is InChI=1S/C22H27N3O6S/c1-17-7-12-20(15-21(17)25(27)28)32(29,30)24(18-8-10-19(31-2)11-9-18)16-22(26)23-13-5-3-4-6-14-23/h7-12,15H,3-6,13-14,16H2,1-2H3. The molecular formula is C22H27N3O6S. The number of aryl methyl sites for hydroxylation is 1. The van der Waals surface area contributed by atoms with Crippen molar-refractivity contribution in [1.29, 1.82) is 0 Å². The molecule has 0 atom stereocenters. The molecule has 0 N–H and O–H groups in total. The molecule has 0 aliphatic carbocycles. The van der Waals surface area contributed by atoms with E-state index in [-0.39, 0.29) is 22.2 Å². The summed E-state index contributed by atoms with van der Waals surface area (Å²) >= 11 is 0. The number of rotatable bonds is 7. The van der Waals surface area contributed by atoms with E-state index in [9.17, 15) is 23.3 Å². The van der Waals surface area contributed by atoms with Gasteiger partial charge < -0.3 is 9.64 Å². The van der Waals surface area contributed by atoms with Gasteiger partial charge in [0, 0.05) is 24.7 Å². The van der Waals surface area contributed by atoms with Gasteiger partial charge in [0.05, 0.1) is 22.6 Å². The molecule has 2 aromatic rings. The van der Waals surface area contributed by atoms with Crippen molar-refractivity contribution in [2.45, 2.75) is 37.5 Å². The van der Waals surface area contributed by atoms with Gasteiger partial charge in [0.2, 0.25) is 5.91 Å². The predicted molar refractivity (Wildman–Crippen MR) is 120 cm³/mol. The van der Waals surface area contributed by atoms with Gasteiger partial charge in [-0.1, -0.05) is 18.9 Å². The van der Waals surface area contributed by atoms with Crippen LogP contribution in [0.1, 0.15) is 31.2 Å². The highest BCUT2D eigenvalue weighted by Crippen LogP contribution is 2.29. The fraction of sp³-hybridized carbons (Fsp3) is 0.409. The maximum atomic E-state index is 13.6. The van der Waals surface area contributed by atoms with Gasteiger partial charge in [-0.2, -0.15) is 0 Å². The molecule has 1 saturated heterocycles. The molecule has 1 heterocycles. The van der Waals surface area contributed by atoms with Gasteiger partial charge >= 0.3 is 0 Å². The van der Waals surface area contributed by atoms with Crippen molar-refractivity contribution < 1.29 is 22.9 Å². The SMILES string of the molecule is COc1ccc(N(CC(=O)N2CCCCCC2)S(=O)(=O)c2ccc(C)c([N+](=O)[O-])c2)cc1. The van der Waals surface area contributed by atoms with Crippen molar-refractivity contribution >= 4 is 27.3 Å². The summed E-state index contributed by atoms with van der Waals surface area (Å²) in [5.41, 5.74) is 0.336. The van der Waals surface area contributed by atoms with Crippen LogP contribution in [0.15, 0.2) is 47.4 Å². The molecule has 0 saturated carbocycles. The average Bonchev–Trinajstić information content (AvgIpc) is 3.07. The van der Waals surface area contributed by atoms with Crippen LogP contribution in [0.25, 0.3) is 0 Å². The van der Waals surface area contributed by atoms with Crippen LogP contribution in [0.3, 0.4) is 0 Å². The van der Waals surface area contributed by atoms with Gasteiger partial charge in [0.15, 0.2) is 0 Å². The van der Waals surface area contributed by atoms with Crippen molar-refractivity contribution in [3.63, 3.8) is 0 Å². The van der Waals surface area contributed by atoms with Crippen LogP contribution in [0, 0.1) is 17.0 Å². The topological polar surface area (TPSA) is 110 Å². The smallest absolute Gasteiger partial charge is 0.273 e. The van der Waals surface area contributed by atoms with Crippen molar-refractivity contribution in [3.8, 4) is 5.75 Å². The van der Waals surface area contributed by atoms with Gasteiger partial charge in [0.25, 0.3) is 15.7 Å². The van der Waals surface area contributed by atoms with Crippen LogP contribution in [-0.4, -0.2) is 50.9 Å². The molecule has 32 heavy (non-hydrogen) atoms. The number of hydrogen-bond donors (Lipinski definition) is 0. The summed E-state index contributed by atoms with van der Waals surface area (Å²) in [4.78, 5) is 25.2. The van der Waals surface area contributed by atoms with Crippen LogP contribution in [0.5, 0.6) is 5.75 Å². The Morgan fingerprint density at radius 2 is 1.72 bits per heavy atom. The Morgan fingerprint density at radius 1 is 1.09 bits per heavy atom. The highest BCUT2D eigenvalue weighted by Gasteiger charge is 2.31. The summed E-state index contributed by atoms with van der Waals surface area (Å²) in [7, 11) is -2.75. The van der Waals surface area contributed by atoms with Gasteiger partial charge in [-0.3, -0.25) is 19.2 Å². The monoisotopic (exact) mass is 461 g/mol. The number of carbonyl (C=O) groups excluding carboxylic acids is 1. The lowest BCUT2D eigenvalue weighted by molar-refractivity contribution is -0.385. The first-order valence-corrected chi connectivity index (χ1v) is 11.9. The van der Waals surface area contributed by atoms with Crippen molar-refractivity contribution in [2.24, 2.45) is 0 Å². The molecule has 0 spiro atoms. The molecular weight excluding hydrogens is 434 g/mol. The molecule has 10 heteroatoms. The van der Waals surface area contributed by atoms with Crippen LogP contribution in [0.2, 0.25) is 0 Å². The first-order valence-electron chi connectivity index (χ1n) is 10.4. The normalized spacial score (nSPS) is 14.5. The third-order valence-corrected chi connectivity index (χ3v) is 7.33. The van der Waals surface area contributed by atoms with Crippen molar-refractivity contribution in [2.75, 3.05) is 31.0 Å². The number of hydrogen-bond acceptors (Lipinski definition) is 6. The Morgan fingerprint density at radius 3 is 2.28 bits per heavy atom. The van der Waals surface area contributed by atoms with Gasteiger partial charge in [-0.25, -0.2) is 8.42 Å². The number of benzene rings is 2. The molecule has 0 bridgehead atoms. The van der Waals surface area contributed by atoms with E-state index in [1.807, 2.05) is 0 Å². The van der Waals surface area contributed by atoms with E-state index in [4.69, 9.17) is 4.74 Å². The quantitative estimate of drug-likeness (QED) is 0.461. The van der Waals surface area contributed by atoms with Crippen LogP contribution in [0.4, 0.5) is 11.4 Å². The molecule has 1 amide bonds. The zero-order valence-corrected chi connectivity index (χ0v) is 19.0. The van der Waals surface area contributed by atoms with Crippen molar-refractivity contribution in [1.82, 2.24) is 4.90 Å². The van der Waals surface area contributed by atoms with E-state index in [1.165, 1.54) is 19.2 Å². The number of methoxy groups -OCH3 is 1. The van der Waals surface area contributed by atoms with E-state index in [0.717, 1.165) is 36.1 Å². The van der Waals surface area contributed by atoms with Gasteiger partial charge in [0.1, 0.15) is 12.3 Å². The molecule has 0 aromatic heterocycles. The number of nitro groups is 1. The molecule has 2 aromatic carbocycles. The molecule has 1 aliphatic rings. The Labute approximate surface area is 187 Å². The Bertz CT molecular complexity index is 1080. The molecule has 0 radical (unpaired) electrons. The number of nitro benzene ring substituents is 1. The predicted octanol–water partition coefficient (Wildman–Crippen LogP) is 3.51. The zero-order chi connectivity index (χ0) is 23.3. The molecule has 9 nitrogen and oxygen atoms in total. The molecule has 1 aliphatic heterocycles. The first kappa shape index (κ1) is 23.5. The average molecular weight is 462 g/mol. The molecule has 172 valence electrons. The number of sulfonamides is 1. The Kier molecular flexibility index (Phi) is 7.34. The summed E-state index contributed by atoms with van der Waals surface area (Å²) in [5.74, 6) is 0.240. The minimum atomic E-state index is -4.25. The van der Waals surface area contributed by atoms with Crippen LogP contribution < -0.4 is 9.04 Å². The number of carbonyl (C=O) groups is 1. The van der Waals surface area contributed by atoms with E-state index in [0.29, 0.717) is 24.4 Å². The van der Waals surface area contributed by atoms with Gasteiger partial charge in [-0.15, -0.1) is 0 Å². The van der Waals surface area contributed by atoms with Gasteiger partial charge in [-0.05, 0) is 50.1 Å². The Balaban J connectivity index is 2.01. The minimum absolute atomic E-state index is 0.241. The maximum Gasteiger partial charge on any atom is 0.273 e. The highest BCUT2D eigenvalue weighted by molar-refractivity contribution is 7.92. The van der Waals surface area contributed by atoms with Crippen molar-refractivity contribution in [3.05, 3.63) is 58.1 Å². The second kappa shape index (κ2) is 9.99. The lowest BCUT2D eigenvalue weighted by Crippen LogP contribution is -2.43. The third kappa shape index (κ3) is 5.18. The van der Waals surface area contributed by atoms with Crippen LogP contribution in [-0.2, 0) is 14.8 Å². The summed E-state index contributed by atoms with van der Waals surface area (Å²) in [6.45, 7) is 2.33. The lowest BCUT2D eigenvalue weighted by atomic mass is 10.2. The summed E-state index contributed by atoms with van der Waals surface area (Å²) < 4.78 is 33.3. The summed E-state index contributed by atoms with van der Waals surface area (Å²) in [6, 6.07) is 10.1. The number of nitrogens with zero attached hydrogens (tertiary/aromatic N) is 3. The number of amides is 1. The number of likely N-dealkylation sites (tertiary alicyclic amines) is 1. The third-order valence-electron chi connectivity index (χ3n) is 5.56. The zero-order valence-electron chi connectivity index (χ0n) is 18.2. The summed E-state index contributed by atoms with van der Waals surface area (Å²) in [5, 5.41) is 11.4. The van der Waals surface area contributed by atoms with E-state index in [2.05, 4.69) is 0 Å². The van der Waals surface area contributed by atoms with E-state index >= 15 is 0 Å². The lowest BCUT2D eigenvalue weighted by Gasteiger charge is -2.28. The second-order valence-corrected chi connectivity index (χ2v) is 9.57. The molecule has 1 fully saturated rings. The van der Waals surface area contributed by atoms with E-state index < -0.39 is 21.5 Å². The first-order chi connectivity index (χ1) is 15.2. The second-order valence-electron chi connectivity index (χ2n) is 7.71. The number of anilines is 1. The highest BCUT2D eigenvalue weighted by atomic mass is 32.2. The summed E-state index contributed by atoms with van der Waals surface area (Å²) in [6.07, 6.45) is 3.84. The molecule has 3 rings (SSSR count). The Hall–Kier alpha value is -3.14. The minimum Gasteiger partial charge on any atom is -0.497 e. The largest absolute Gasteiger partial charge is 0.497 e. The molecule has 0 unspecified atom stereocenters. The fourth-order valence-corrected chi connectivity index (χ4v) is 5.11. The number of ether oxygens (including phenoxy) is 1. The fourth-order valence-electron chi connectivity index (χ4n) is 3.68. The maximum absolute atomic E-state index is 13.6. The van der Waals surface area contributed by atoms with Crippen LogP contribution >= 0.6 is 0 Å². The van der Waals surface area contributed by atoms with E-state index in [1.54, 1.807) is 36.1 Å².